The topological polar surface area (TPSA) is 18.5 Å². The molecule has 0 radical (unpaired) electrons. The minimum Gasteiger partial charge on any atom is -0.353 e. The molecule has 70 heavy (non-hydrogen) atoms. The minimum atomic E-state index is -0.736. The van der Waals surface area contributed by atoms with Crippen molar-refractivity contribution in [3.63, 3.8) is 0 Å². The van der Waals surface area contributed by atoms with Crippen LogP contribution in [0.25, 0.3) is 0 Å². The lowest BCUT2D eigenvalue weighted by molar-refractivity contribution is -0.187. The Labute approximate surface area is 421 Å². The molecule has 0 bridgehead atoms. The highest BCUT2D eigenvalue weighted by Crippen LogP contribution is 2.28. The second-order valence-electron chi connectivity index (χ2n) is 20.4. The SMILES string of the molecule is CC1CCC(C)CC1.CC1CCC(C)CC1.CC1COC(C)OC1.Cc1cc(F)c(C)c(F)c1.Cc1ccc(C)c(F)c1.Cc1ccc(C)c(F)c1.Cc1ccc(C)c(F)c1F.Cc1ccc(C)cc1. The Morgan fingerprint density at radius 2 is 0.571 bits per heavy atom. The maximum atomic E-state index is 12.6. The highest BCUT2D eigenvalue weighted by molar-refractivity contribution is 5.25. The first-order chi connectivity index (χ1) is 32.8. The molecule has 1 heterocycles. The average molecular weight is 979 g/mol. The maximum absolute atomic E-state index is 12.6. The van der Waals surface area contributed by atoms with E-state index in [0.717, 1.165) is 48.0 Å². The first kappa shape index (κ1) is 63.6. The number of halogens is 6. The number of hydrogen-bond donors (Lipinski definition) is 0. The average Bonchev–Trinajstić information content (AvgIpc) is 3.31. The number of ether oxygens (including phenoxy) is 2. The van der Waals surface area contributed by atoms with Gasteiger partial charge in [-0.2, -0.15) is 0 Å². The second-order valence-corrected chi connectivity index (χ2v) is 20.4. The zero-order valence-electron chi connectivity index (χ0n) is 45.7. The van der Waals surface area contributed by atoms with Gasteiger partial charge in [0.05, 0.1) is 13.2 Å². The van der Waals surface area contributed by atoms with E-state index >= 15 is 0 Å². The van der Waals surface area contributed by atoms with E-state index in [1.165, 1.54) is 108 Å². The van der Waals surface area contributed by atoms with Gasteiger partial charge in [-0.3, -0.25) is 0 Å². The molecule has 8 heteroatoms. The number of hydrogen-bond acceptors (Lipinski definition) is 2. The van der Waals surface area contributed by atoms with Crippen molar-refractivity contribution in [2.24, 2.45) is 29.6 Å². The molecular weight excluding hydrogens is 891 g/mol. The molecule has 2 aliphatic carbocycles. The highest BCUT2D eigenvalue weighted by Gasteiger charge is 2.15. The van der Waals surface area contributed by atoms with E-state index in [4.69, 9.17) is 9.47 Å². The zero-order valence-corrected chi connectivity index (χ0v) is 45.7. The van der Waals surface area contributed by atoms with Gasteiger partial charge in [-0.05, 0) is 163 Å². The molecule has 0 atom stereocenters. The lowest BCUT2D eigenvalue weighted by atomic mass is 9.84. The van der Waals surface area contributed by atoms with Crippen LogP contribution in [0.15, 0.2) is 84.9 Å². The highest BCUT2D eigenvalue weighted by atomic mass is 19.2. The number of aryl methyl sites for hydroxylation is 9. The van der Waals surface area contributed by atoms with Crippen LogP contribution in [0.5, 0.6) is 0 Å². The van der Waals surface area contributed by atoms with Crippen LogP contribution in [0.3, 0.4) is 0 Å². The first-order valence-electron chi connectivity index (χ1n) is 25.3. The van der Waals surface area contributed by atoms with E-state index in [-0.39, 0.29) is 23.5 Å². The van der Waals surface area contributed by atoms with Gasteiger partial charge in [0.2, 0.25) is 0 Å². The third kappa shape index (κ3) is 27.8. The van der Waals surface area contributed by atoms with Crippen molar-refractivity contribution in [2.45, 2.75) is 168 Å². The summed E-state index contributed by atoms with van der Waals surface area (Å²) in [6, 6.07) is 24.7. The zero-order chi connectivity index (χ0) is 53.1. The van der Waals surface area contributed by atoms with Crippen LogP contribution in [0, 0.1) is 134 Å². The molecule has 0 amide bonds. The summed E-state index contributed by atoms with van der Waals surface area (Å²) < 4.78 is 85.9. The predicted octanol–water partition coefficient (Wildman–Crippen LogP) is 19.0. The Kier molecular flexibility index (Phi) is 30.9. The van der Waals surface area contributed by atoms with E-state index in [0.29, 0.717) is 33.7 Å². The summed E-state index contributed by atoms with van der Waals surface area (Å²) in [6.45, 7) is 32.8. The molecule has 390 valence electrons. The van der Waals surface area contributed by atoms with Gasteiger partial charge in [-0.15, -0.1) is 0 Å². The van der Waals surface area contributed by atoms with Crippen molar-refractivity contribution in [1.29, 1.82) is 0 Å². The summed E-state index contributed by atoms with van der Waals surface area (Å²) in [5, 5.41) is 0. The molecule has 0 aromatic heterocycles. The molecule has 0 N–H and O–H groups in total. The maximum Gasteiger partial charge on any atom is 0.161 e. The fourth-order valence-corrected chi connectivity index (χ4v) is 7.10. The normalized spacial score (nSPS) is 20.0. The largest absolute Gasteiger partial charge is 0.353 e. The van der Waals surface area contributed by atoms with Gasteiger partial charge < -0.3 is 9.47 Å². The molecule has 3 fully saturated rings. The van der Waals surface area contributed by atoms with Crippen LogP contribution in [0.4, 0.5) is 26.3 Å². The Morgan fingerprint density at radius 3 is 0.829 bits per heavy atom. The summed E-state index contributed by atoms with van der Waals surface area (Å²) in [4.78, 5) is 0. The standard InChI is InChI=1S/2C8H8F2.2C8H9F.2C8H16.C8H10.C6H12O2/c1-5-3-7(9)6(2)8(10)4-5;1-5-3-4-6(2)8(10)7(5)9;2*1-6-3-4-7(2)8(9)5-6;3*1-7-3-5-8(2)6-4-7;1-5-3-7-6(2)8-4-5/h2*3-4H,1-2H3;2*3-5H,1-2H3;2*7-8H,3-6H2,1-2H3;3-6H,1-2H3;5-6H,3-4H2,1-2H3. The molecule has 2 saturated carbocycles. The first-order valence-corrected chi connectivity index (χ1v) is 25.3. The fourth-order valence-electron chi connectivity index (χ4n) is 7.10. The molecule has 0 spiro atoms. The van der Waals surface area contributed by atoms with Gasteiger partial charge in [0, 0.05) is 11.5 Å². The van der Waals surface area contributed by atoms with Crippen molar-refractivity contribution in [3.8, 4) is 0 Å². The van der Waals surface area contributed by atoms with Gasteiger partial charge in [0.25, 0.3) is 0 Å². The molecule has 2 nitrogen and oxygen atoms in total. The van der Waals surface area contributed by atoms with Crippen molar-refractivity contribution in [2.75, 3.05) is 13.2 Å². The van der Waals surface area contributed by atoms with Crippen LogP contribution >= 0.6 is 0 Å². The summed E-state index contributed by atoms with van der Waals surface area (Å²) in [5.74, 6) is 2.00. The van der Waals surface area contributed by atoms with Crippen LogP contribution in [0.2, 0.25) is 0 Å². The van der Waals surface area contributed by atoms with Crippen molar-refractivity contribution in [1.82, 2.24) is 0 Å². The minimum absolute atomic E-state index is 0.0196. The number of benzene rings is 5. The van der Waals surface area contributed by atoms with Crippen LogP contribution in [0.1, 0.15) is 149 Å². The smallest absolute Gasteiger partial charge is 0.161 e. The Bertz CT molecular complexity index is 2000. The summed E-state index contributed by atoms with van der Waals surface area (Å²) in [7, 11) is 0. The van der Waals surface area contributed by atoms with E-state index in [2.05, 4.69) is 72.7 Å². The van der Waals surface area contributed by atoms with Gasteiger partial charge in [0.1, 0.15) is 23.3 Å². The number of rotatable bonds is 0. The molecule has 8 rings (SSSR count). The van der Waals surface area contributed by atoms with Gasteiger partial charge >= 0.3 is 0 Å². The predicted molar refractivity (Wildman–Crippen MR) is 283 cm³/mol. The molecule has 1 aliphatic heterocycles. The van der Waals surface area contributed by atoms with Crippen molar-refractivity contribution < 1.29 is 35.8 Å². The quantitative estimate of drug-likeness (QED) is 0.144. The summed E-state index contributed by atoms with van der Waals surface area (Å²) >= 11 is 0. The van der Waals surface area contributed by atoms with Crippen molar-refractivity contribution in [3.05, 3.63) is 175 Å². The molecule has 3 aliphatic rings. The molecule has 1 saturated heterocycles. The monoisotopic (exact) mass is 979 g/mol. The Morgan fingerprint density at radius 1 is 0.314 bits per heavy atom. The van der Waals surface area contributed by atoms with Gasteiger partial charge in [0.15, 0.2) is 17.9 Å². The van der Waals surface area contributed by atoms with Crippen LogP contribution in [-0.2, 0) is 9.47 Å². The third-order valence-electron chi connectivity index (χ3n) is 12.6. The van der Waals surface area contributed by atoms with Crippen molar-refractivity contribution >= 4 is 0 Å². The summed E-state index contributed by atoms with van der Waals surface area (Å²) in [6.07, 6.45) is 11.8. The molecule has 5 aromatic carbocycles. The van der Waals surface area contributed by atoms with E-state index in [1.54, 1.807) is 45.0 Å². The molecular formula is C62H88F6O2. The van der Waals surface area contributed by atoms with Gasteiger partial charge in [-0.1, -0.05) is 158 Å². The van der Waals surface area contributed by atoms with E-state index in [1.807, 2.05) is 32.9 Å². The van der Waals surface area contributed by atoms with Crippen LogP contribution in [-0.4, -0.2) is 19.5 Å². The molecule has 5 aromatic rings. The summed E-state index contributed by atoms with van der Waals surface area (Å²) in [5.41, 5.74) is 7.42. The Balaban J connectivity index is 0.000000401. The van der Waals surface area contributed by atoms with E-state index < -0.39 is 23.3 Å². The second kappa shape index (κ2) is 34.1. The Hall–Kier alpha value is -4.40. The third-order valence-corrected chi connectivity index (χ3v) is 12.6. The lowest BCUT2D eigenvalue weighted by Crippen LogP contribution is -2.27. The van der Waals surface area contributed by atoms with E-state index in [9.17, 15) is 26.3 Å². The van der Waals surface area contributed by atoms with Crippen LogP contribution < -0.4 is 0 Å². The lowest BCUT2D eigenvalue weighted by Gasteiger charge is -2.24. The molecule has 0 unspecified atom stereocenters. The van der Waals surface area contributed by atoms with Gasteiger partial charge in [-0.25, -0.2) is 26.3 Å². The fraction of sp³-hybridized carbons (Fsp3) is 0.516.